The zero-order valence-electron chi connectivity index (χ0n) is 15.1. The molecule has 0 aliphatic carbocycles. The first-order chi connectivity index (χ1) is 11.4. The lowest BCUT2D eigenvalue weighted by Gasteiger charge is -2.34. The number of rotatable bonds is 8. The second-order valence-electron chi connectivity index (χ2n) is 6.95. The maximum atomic E-state index is 12.4. The van der Waals surface area contributed by atoms with Crippen LogP contribution in [0.1, 0.15) is 49.9 Å². The summed E-state index contributed by atoms with van der Waals surface area (Å²) in [5.41, 5.74) is 0.697. The van der Waals surface area contributed by atoms with Crippen molar-refractivity contribution >= 4 is 5.78 Å². The molecule has 0 spiro atoms. The van der Waals surface area contributed by atoms with Crippen molar-refractivity contribution in [2.75, 3.05) is 27.4 Å². The summed E-state index contributed by atoms with van der Waals surface area (Å²) in [4.78, 5) is 12.4. The normalized spacial score (nSPS) is 17.5. The Morgan fingerprint density at radius 2 is 1.88 bits per heavy atom. The lowest BCUT2D eigenvalue weighted by Crippen LogP contribution is -2.37. The summed E-state index contributed by atoms with van der Waals surface area (Å²) in [5.74, 6) is 1.32. The van der Waals surface area contributed by atoms with Gasteiger partial charge in [0.05, 0.1) is 33.0 Å². The van der Waals surface area contributed by atoms with Crippen LogP contribution in [0, 0.1) is 5.41 Å². The van der Waals surface area contributed by atoms with Gasteiger partial charge in [0.15, 0.2) is 12.1 Å². The van der Waals surface area contributed by atoms with Crippen molar-refractivity contribution < 1.29 is 23.7 Å². The van der Waals surface area contributed by atoms with Crippen LogP contribution in [0.5, 0.6) is 11.5 Å². The Morgan fingerprint density at radius 3 is 2.50 bits per heavy atom. The van der Waals surface area contributed by atoms with Crippen molar-refractivity contribution in [3.8, 4) is 11.5 Å². The standard InChI is InChI=1S/C19H28O5/c1-19(2)12-23-18(24-13-19)8-6-5-7-16(20)15-10-9-14(21-3)11-17(15)22-4/h9-11,18H,5-8,12-13H2,1-4H3. The molecule has 24 heavy (non-hydrogen) atoms. The van der Waals surface area contributed by atoms with E-state index in [0.717, 1.165) is 32.5 Å². The van der Waals surface area contributed by atoms with Crippen molar-refractivity contribution in [2.24, 2.45) is 5.41 Å². The second kappa shape index (κ2) is 8.49. The van der Waals surface area contributed by atoms with Gasteiger partial charge >= 0.3 is 0 Å². The second-order valence-corrected chi connectivity index (χ2v) is 6.95. The van der Waals surface area contributed by atoms with E-state index in [9.17, 15) is 4.79 Å². The van der Waals surface area contributed by atoms with E-state index in [4.69, 9.17) is 18.9 Å². The van der Waals surface area contributed by atoms with Crippen LogP contribution in [-0.4, -0.2) is 39.5 Å². The summed E-state index contributed by atoms with van der Waals surface area (Å²) in [6.45, 7) is 5.70. The number of hydrogen-bond donors (Lipinski definition) is 0. The molecule has 1 aromatic carbocycles. The summed E-state index contributed by atoms with van der Waals surface area (Å²) in [7, 11) is 3.15. The molecule has 5 nitrogen and oxygen atoms in total. The summed E-state index contributed by atoms with van der Waals surface area (Å²) >= 11 is 0. The van der Waals surface area contributed by atoms with Crippen molar-refractivity contribution in [3.05, 3.63) is 23.8 Å². The SMILES string of the molecule is COc1ccc(C(=O)CCCCC2OCC(C)(C)CO2)c(OC)c1. The van der Waals surface area contributed by atoms with Crippen molar-refractivity contribution in [1.82, 2.24) is 0 Å². The number of ether oxygens (including phenoxy) is 4. The third-order valence-corrected chi connectivity index (χ3v) is 4.12. The van der Waals surface area contributed by atoms with E-state index in [1.54, 1.807) is 32.4 Å². The fraction of sp³-hybridized carbons (Fsp3) is 0.632. The highest BCUT2D eigenvalue weighted by Crippen LogP contribution is 2.27. The molecule has 0 aromatic heterocycles. The Morgan fingerprint density at radius 1 is 1.17 bits per heavy atom. The molecule has 0 bridgehead atoms. The van der Waals surface area contributed by atoms with Gasteiger partial charge in [-0.1, -0.05) is 13.8 Å². The summed E-state index contributed by atoms with van der Waals surface area (Å²) < 4.78 is 21.9. The van der Waals surface area contributed by atoms with E-state index in [2.05, 4.69) is 13.8 Å². The lowest BCUT2D eigenvalue weighted by molar-refractivity contribution is -0.224. The predicted molar refractivity (Wildman–Crippen MR) is 91.8 cm³/mol. The van der Waals surface area contributed by atoms with E-state index >= 15 is 0 Å². The molecule has 1 heterocycles. The van der Waals surface area contributed by atoms with Crippen LogP contribution < -0.4 is 9.47 Å². The molecule has 1 aliphatic heterocycles. The third-order valence-electron chi connectivity index (χ3n) is 4.12. The number of benzene rings is 1. The lowest BCUT2D eigenvalue weighted by atomic mass is 9.95. The van der Waals surface area contributed by atoms with Gasteiger partial charge in [-0.25, -0.2) is 0 Å². The van der Waals surface area contributed by atoms with Crippen LogP contribution in [0.15, 0.2) is 18.2 Å². The Balaban J connectivity index is 1.76. The minimum atomic E-state index is -0.136. The number of carbonyl (C=O) groups is 1. The van der Waals surface area contributed by atoms with Crippen LogP contribution in [0.2, 0.25) is 0 Å². The highest BCUT2D eigenvalue weighted by Gasteiger charge is 2.27. The first-order valence-electron chi connectivity index (χ1n) is 8.43. The third kappa shape index (κ3) is 5.21. The molecule has 5 heteroatoms. The zero-order chi connectivity index (χ0) is 17.6. The van der Waals surface area contributed by atoms with Gasteiger partial charge in [0, 0.05) is 17.9 Å². The minimum absolute atomic E-state index is 0.0844. The van der Waals surface area contributed by atoms with Crippen LogP contribution in [0.4, 0.5) is 0 Å². The van der Waals surface area contributed by atoms with E-state index < -0.39 is 0 Å². The Labute approximate surface area is 144 Å². The van der Waals surface area contributed by atoms with Crippen molar-refractivity contribution in [2.45, 2.75) is 45.8 Å². The average Bonchev–Trinajstić information content (AvgIpc) is 2.59. The first-order valence-corrected chi connectivity index (χ1v) is 8.43. The predicted octanol–water partition coefficient (Wildman–Crippen LogP) is 3.85. The molecule has 0 atom stereocenters. The molecule has 1 aromatic rings. The monoisotopic (exact) mass is 336 g/mol. The Kier molecular flexibility index (Phi) is 6.63. The molecule has 1 saturated heterocycles. The largest absolute Gasteiger partial charge is 0.497 e. The highest BCUT2D eigenvalue weighted by molar-refractivity contribution is 5.98. The first kappa shape index (κ1) is 18.7. The van der Waals surface area contributed by atoms with E-state index in [0.29, 0.717) is 23.5 Å². The smallest absolute Gasteiger partial charge is 0.166 e. The van der Waals surface area contributed by atoms with Crippen LogP contribution in [0.25, 0.3) is 0 Å². The molecule has 0 radical (unpaired) electrons. The fourth-order valence-electron chi connectivity index (χ4n) is 2.65. The number of unbranched alkanes of at least 4 members (excludes halogenated alkanes) is 1. The Bertz CT molecular complexity index is 543. The average molecular weight is 336 g/mol. The number of carbonyl (C=O) groups excluding carboxylic acids is 1. The van der Waals surface area contributed by atoms with Crippen LogP contribution in [0.3, 0.4) is 0 Å². The summed E-state index contributed by atoms with van der Waals surface area (Å²) in [6.07, 6.45) is 2.88. The summed E-state index contributed by atoms with van der Waals surface area (Å²) in [5, 5.41) is 0. The van der Waals surface area contributed by atoms with Gasteiger partial charge in [0.2, 0.25) is 0 Å². The molecular weight excluding hydrogens is 308 g/mol. The van der Waals surface area contributed by atoms with E-state index in [1.807, 2.05) is 0 Å². The molecule has 0 N–H and O–H groups in total. The van der Waals surface area contributed by atoms with E-state index in [-0.39, 0.29) is 17.5 Å². The van der Waals surface area contributed by atoms with Gasteiger partial charge in [-0.15, -0.1) is 0 Å². The van der Waals surface area contributed by atoms with Gasteiger partial charge in [0.1, 0.15) is 11.5 Å². The van der Waals surface area contributed by atoms with Crippen molar-refractivity contribution in [3.63, 3.8) is 0 Å². The van der Waals surface area contributed by atoms with Gasteiger partial charge in [0.25, 0.3) is 0 Å². The Hall–Kier alpha value is -1.59. The molecular formula is C19H28O5. The maximum Gasteiger partial charge on any atom is 0.166 e. The summed E-state index contributed by atoms with van der Waals surface area (Å²) in [6, 6.07) is 5.27. The molecule has 1 aliphatic rings. The molecule has 0 unspecified atom stereocenters. The highest BCUT2D eigenvalue weighted by atomic mass is 16.7. The zero-order valence-corrected chi connectivity index (χ0v) is 15.1. The van der Waals surface area contributed by atoms with Crippen LogP contribution >= 0.6 is 0 Å². The molecule has 0 saturated carbocycles. The molecule has 1 fully saturated rings. The molecule has 2 rings (SSSR count). The quantitative estimate of drug-likeness (QED) is 0.533. The van der Waals surface area contributed by atoms with Gasteiger partial charge in [-0.3, -0.25) is 4.79 Å². The van der Waals surface area contributed by atoms with Gasteiger partial charge in [-0.05, 0) is 31.4 Å². The number of methoxy groups -OCH3 is 2. The fourth-order valence-corrected chi connectivity index (χ4v) is 2.65. The van der Waals surface area contributed by atoms with Crippen LogP contribution in [-0.2, 0) is 9.47 Å². The number of hydrogen-bond acceptors (Lipinski definition) is 5. The van der Waals surface area contributed by atoms with Crippen molar-refractivity contribution in [1.29, 1.82) is 0 Å². The topological polar surface area (TPSA) is 54.0 Å². The number of Topliss-reactive ketones (excluding diaryl/α,β-unsaturated/α-hetero) is 1. The molecule has 0 amide bonds. The van der Waals surface area contributed by atoms with E-state index in [1.165, 1.54) is 0 Å². The molecule has 134 valence electrons. The van der Waals surface area contributed by atoms with Gasteiger partial charge in [-0.2, -0.15) is 0 Å². The maximum absolute atomic E-state index is 12.4. The minimum Gasteiger partial charge on any atom is -0.497 e. The van der Waals surface area contributed by atoms with Gasteiger partial charge < -0.3 is 18.9 Å². The number of ketones is 1.